The van der Waals surface area contributed by atoms with Gasteiger partial charge in [0.15, 0.2) is 0 Å². The number of hydrogen-bond acceptors (Lipinski definition) is 2. The van der Waals surface area contributed by atoms with E-state index in [0.717, 1.165) is 22.5 Å². The molecule has 2 rings (SSSR count). The Morgan fingerprint density at radius 3 is 2.62 bits per heavy atom. The van der Waals surface area contributed by atoms with Gasteiger partial charge in [-0.1, -0.05) is 23.7 Å². The van der Waals surface area contributed by atoms with Gasteiger partial charge in [0.25, 0.3) is 0 Å². The van der Waals surface area contributed by atoms with E-state index in [0.29, 0.717) is 11.6 Å². The van der Waals surface area contributed by atoms with Gasteiger partial charge in [0.05, 0.1) is 16.4 Å². The van der Waals surface area contributed by atoms with Gasteiger partial charge in [0.2, 0.25) is 0 Å². The van der Waals surface area contributed by atoms with E-state index in [1.807, 2.05) is 32.2 Å². The molecule has 16 heavy (non-hydrogen) atoms. The molecule has 4 heteroatoms. The molecule has 0 atom stereocenters. The summed E-state index contributed by atoms with van der Waals surface area (Å²) < 4.78 is 1.80. The third-order valence-electron chi connectivity index (χ3n) is 2.58. The van der Waals surface area contributed by atoms with E-state index >= 15 is 0 Å². The standard InChI is InChI=1S/C12H14ClN3/c1-8-5-10(6-14)3-4-12(8)16-7-11(13)9(2)15-16/h3-5,7H,6,14H2,1-2H3. The Kier molecular flexibility index (Phi) is 2.99. The van der Waals surface area contributed by atoms with Crippen LogP contribution >= 0.6 is 11.6 Å². The summed E-state index contributed by atoms with van der Waals surface area (Å²) in [6, 6.07) is 6.09. The van der Waals surface area contributed by atoms with Crippen LogP contribution in [-0.2, 0) is 6.54 Å². The van der Waals surface area contributed by atoms with Crippen LogP contribution < -0.4 is 5.73 Å². The molecule has 84 valence electrons. The highest BCUT2D eigenvalue weighted by Crippen LogP contribution is 2.19. The average Bonchev–Trinajstić information content (AvgIpc) is 2.58. The maximum Gasteiger partial charge on any atom is 0.0819 e. The van der Waals surface area contributed by atoms with Gasteiger partial charge in [-0.3, -0.25) is 0 Å². The van der Waals surface area contributed by atoms with Crippen molar-refractivity contribution in [2.24, 2.45) is 5.73 Å². The zero-order valence-electron chi connectivity index (χ0n) is 9.37. The van der Waals surface area contributed by atoms with Crippen molar-refractivity contribution in [3.8, 4) is 5.69 Å². The zero-order valence-corrected chi connectivity index (χ0v) is 10.1. The predicted molar refractivity (Wildman–Crippen MR) is 65.9 cm³/mol. The molecular formula is C12H14ClN3. The molecule has 0 saturated heterocycles. The molecular weight excluding hydrogens is 222 g/mol. The second-order valence-corrected chi connectivity index (χ2v) is 4.24. The molecule has 0 unspecified atom stereocenters. The predicted octanol–water partition coefficient (Wildman–Crippen LogP) is 2.60. The molecule has 0 aliphatic rings. The van der Waals surface area contributed by atoms with Crippen LogP contribution in [-0.4, -0.2) is 9.78 Å². The van der Waals surface area contributed by atoms with Gasteiger partial charge in [-0.15, -0.1) is 0 Å². The van der Waals surface area contributed by atoms with E-state index < -0.39 is 0 Å². The third-order valence-corrected chi connectivity index (χ3v) is 2.95. The number of halogens is 1. The first-order valence-corrected chi connectivity index (χ1v) is 5.51. The molecule has 1 heterocycles. The zero-order chi connectivity index (χ0) is 11.7. The lowest BCUT2D eigenvalue weighted by molar-refractivity contribution is 0.854. The number of hydrogen-bond donors (Lipinski definition) is 1. The largest absolute Gasteiger partial charge is 0.326 e. The van der Waals surface area contributed by atoms with E-state index in [4.69, 9.17) is 17.3 Å². The molecule has 2 aromatic rings. The minimum atomic E-state index is 0.556. The summed E-state index contributed by atoms with van der Waals surface area (Å²) >= 11 is 5.99. The van der Waals surface area contributed by atoms with Gasteiger partial charge < -0.3 is 5.73 Å². The number of benzene rings is 1. The number of nitrogens with two attached hydrogens (primary N) is 1. The van der Waals surface area contributed by atoms with Crippen LogP contribution in [0.3, 0.4) is 0 Å². The SMILES string of the molecule is Cc1cc(CN)ccc1-n1cc(Cl)c(C)n1. The van der Waals surface area contributed by atoms with E-state index in [2.05, 4.69) is 11.2 Å². The highest BCUT2D eigenvalue weighted by molar-refractivity contribution is 6.31. The number of rotatable bonds is 2. The molecule has 0 fully saturated rings. The maximum atomic E-state index is 5.99. The van der Waals surface area contributed by atoms with Crippen molar-refractivity contribution in [3.63, 3.8) is 0 Å². The Hall–Kier alpha value is -1.32. The smallest absolute Gasteiger partial charge is 0.0819 e. The van der Waals surface area contributed by atoms with E-state index in [-0.39, 0.29) is 0 Å². The molecule has 1 aromatic carbocycles. The Labute approximate surface area is 99.8 Å². The molecule has 0 radical (unpaired) electrons. The van der Waals surface area contributed by atoms with Crippen LogP contribution in [0.2, 0.25) is 5.02 Å². The minimum Gasteiger partial charge on any atom is -0.326 e. The molecule has 0 saturated carbocycles. The normalized spacial score (nSPS) is 10.8. The summed E-state index contributed by atoms with van der Waals surface area (Å²) in [6.45, 7) is 4.49. The molecule has 0 spiro atoms. The lowest BCUT2D eigenvalue weighted by Gasteiger charge is -2.07. The minimum absolute atomic E-state index is 0.556. The molecule has 0 amide bonds. The average molecular weight is 236 g/mol. The first-order valence-electron chi connectivity index (χ1n) is 5.13. The van der Waals surface area contributed by atoms with Crippen molar-refractivity contribution in [1.82, 2.24) is 9.78 Å². The van der Waals surface area contributed by atoms with Crippen molar-refractivity contribution in [2.75, 3.05) is 0 Å². The van der Waals surface area contributed by atoms with Crippen LogP contribution in [0.4, 0.5) is 0 Å². The Balaban J connectivity index is 2.48. The molecule has 3 nitrogen and oxygen atoms in total. The fraction of sp³-hybridized carbons (Fsp3) is 0.250. The third kappa shape index (κ3) is 1.96. The van der Waals surface area contributed by atoms with Gasteiger partial charge in [-0.2, -0.15) is 5.10 Å². The fourth-order valence-electron chi connectivity index (χ4n) is 1.66. The highest BCUT2D eigenvalue weighted by atomic mass is 35.5. The second kappa shape index (κ2) is 4.28. The van der Waals surface area contributed by atoms with Crippen LogP contribution in [0.1, 0.15) is 16.8 Å². The molecule has 0 aliphatic carbocycles. The second-order valence-electron chi connectivity index (χ2n) is 3.83. The lowest BCUT2D eigenvalue weighted by atomic mass is 10.1. The number of aryl methyl sites for hydroxylation is 2. The summed E-state index contributed by atoms with van der Waals surface area (Å²) in [7, 11) is 0. The van der Waals surface area contributed by atoms with E-state index in [1.54, 1.807) is 4.68 Å². The van der Waals surface area contributed by atoms with E-state index in [1.165, 1.54) is 0 Å². The van der Waals surface area contributed by atoms with Gasteiger partial charge in [-0.05, 0) is 31.0 Å². The topological polar surface area (TPSA) is 43.8 Å². The molecule has 1 aromatic heterocycles. The number of aromatic nitrogens is 2. The van der Waals surface area contributed by atoms with Crippen LogP contribution in [0, 0.1) is 13.8 Å². The quantitative estimate of drug-likeness (QED) is 0.870. The van der Waals surface area contributed by atoms with Gasteiger partial charge in [-0.25, -0.2) is 4.68 Å². The van der Waals surface area contributed by atoms with Crippen molar-refractivity contribution in [1.29, 1.82) is 0 Å². The van der Waals surface area contributed by atoms with Crippen LogP contribution in [0.15, 0.2) is 24.4 Å². The Morgan fingerprint density at radius 2 is 2.12 bits per heavy atom. The van der Waals surface area contributed by atoms with Crippen LogP contribution in [0.25, 0.3) is 5.69 Å². The summed E-state index contributed by atoms with van der Waals surface area (Å²) in [5, 5.41) is 5.03. The summed E-state index contributed by atoms with van der Waals surface area (Å²) in [5.41, 5.74) is 9.73. The van der Waals surface area contributed by atoms with Crippen molar-refractivity contribution >= 4 is 11.6 Å². The monoisotopic (exact) mass is 235 g/mol. The molecule has 0 aliphatic heterocycles. The maximum absolute atomic E-state index is 5.99. The van der Waals surface area contributed by atoms with Gasteiger partial charge >= 0.3 is 0 Å². The molecule has 0 bridgehead atoms. The number of nitrogens with zero attached hydrogens (tertiary/aromatic N) is 2. The van der Waals surface area contributed by atoms with Crippen molar-refractivity contribution < 1.29 is 0 Å². The summed E-state index contributed by atoms with van der Waals surface area (Å²) in [4.78, 5) is 0. The summed E-state index contributed by atoms with van der Waals surface area (Å²) in [5.74, 6) is 0. The van der Waals surface area contributed by atoms with Crippen molar-refractivity contribution in [2.45, 2.75) is 20.4 Å². The van der Waals surface area contributed by atoms with Crippen LogP contribution in [0.5, 0.6) is 0 Å². The molecule has 2 N–H and O–H groups in total. The van der Waals surface area contributed by atoms with E-state index in [9.17, 15) is 0 Å². The summed E-state index contributed by atoms with van der Waals surface area (Å²) in [6.07, 6.45) is 1.82. The first-order chi connectivity index (χ1) is 7.61. The van der Waals surface area contributed by atoms with Gasteiger partial charge in [0, 0.05) is 12.7 Å². The van der Waals surface area contributed by atoms with Crippen molar-refractivity contribution in [3.05, 3.63) is 46.2 Å². The Bertz CT molecular complexity index is 497. The lowest BCUT2D eigenvalue weighted by Crippen LogP contribution is -2.01. The Morgan fingerprint density at radius 1 is 1.38 bits per heavy atom. The fourth-order valence-corrected chi connectivity index (χ4v) is 1.79. The highest BCUT2D eigenvalue weighted by Gasteiger charge is 2.06. The van der Waals surface area contributed by atoms with Gasteiger partial charge in [0.1, 0.15) is 0 Å². The first kappa shape index (κ1) is 11.2.